The second-order valence-corrected chi connectivity index (χ2v) is 7.72. The van der Waals surface area contributed by atoms with E-state index in [0.717, 1.165) is 11.3 Å². The van der Waals surface area contributed by atoms with Crippen LogP contribution in [0.5, 0.6) is 0 Å². The van der Waals surface area contributed by atoms with E-state index in [1.54, 1.807) is 6.08 Å². The lowest BCUT2D eigenvalue weighted by molar-refractivity contribution is -0.144. The Hall–Kier alpha value is -3.94. The number of aliphatic carboxylic acids is 1. The van der Waals surface area contributed by atoms with Crippen LogP contribution in [0, 0.1) is 5.92 Å². The molecule has 0 aliphatic heterocycles. The molecule has 0 aromatic heterocycles. The topological polar surface area (TPSA) is 106 Å². The summed E-state index contributed by atoms with van der Waals surface area (Å²) >= 11 is 0. The van der Waals surface area contributed by atoms with Crippen LogP contribution >= 0.6 is 0 Å². The Morgan fingerprint density at radius 1 is 1.26 bits per heavy atom. The summed E-state index contributed by atoms with van der Waals surface area (Å²) in [5, 5.41) is 9.46. The third kappa shape index (κ3) is 6.31. The van der Waals surface area contributed by atoms with Crippen molar-refractivity contribution >= 4 is 34.8 Å². The van der Waals surface area contributed by atoms with Gasteiger partial charge in [-0.15, -0.1) is 0 Å². The van der Waals surface area contributed by atoms with Crippen molar-refractivity contribution in [2.24, 2.45) is 10.9 Å². The van der Waals surface area contributed by atoms with E-state index < -0.39 is 11.9 Å². The fourth-order valence-corrected chi connectivity index (χ4v) is 3.81. The quantitative estimate of drug-likeness (QED) is 0.302. The van der Waals surface area contributed by atoms with E-state index in [-0.39, 0.29) is 43.4 Å². The number of carbonyl (C=O) groups excluding carboxylic acids is 2. The molecular weight excluding hydrogens is 436 g/mol. The highest BCUT2D eigenvalue weighted by Gasteiger charge is 2.32. The molecule has 0 fully saturated rings. The molecular formula is C26H28N2O6. The number of aliphatic imine (C=N–C) groups is 1. The molecule has 1 aromatic carbocycles. The molecule has 0 heterocycles. The first-order valence-electron chi connectivity index (χ1n) is 11.1. The molecule has 2 aliphatic carbocycles. The van der Waals surface area contributed by atoms with E-state index in [9.17, 15) is 19.5 Å². The molecule has 0 amide bonds. The minimum absolute atomic E-state index is 0.113. The number of fused-ring (bicyclic) bond motifs is 1. The fourth-order valence-electron chi connectivity index (χ4n) is 3.81. The first-order valence-corrected chi connectivity index (χ1v) is 11.1. The van der Waals surface area contributed by atoms with Crippen LogP contribution in [0.2, 0.25) is 0 Å². The van der Waals surface area contributed by atoms with Gasteiger partial charge in [-0.2, -0.15) is 0 Å². The van der Waals surface area contributed by atoms with Crippen LogP contribution in [0.4, 0.5) is 11.4 Å². The van der Waals surface area contributed by atoms with E-state index in [2.05, 4.69) is 11.6 Å². The molecule has 8 heteroatoms. The number of benzene rings is 1. The van der Waals surface area contributed by atoms with Gasteiger partial charge < -0.3 is 19.5 Å². The van der Waals surface area contributed by atoms with Crippen molar-refractivity contribution in [3.05, 3.63) is 72.6 Å². The predicted octanol–water partition coefficient (Wildman–Crippen LogP) is 3.78. The Morgan fingerprint density at radius 2 is 2.03 bits per heavy atom. The Morgan fingerprint density at radius 3 is 2.71 bits per heavy atom. The van der Waals surface area contributed by atoms with E-state index in [4.69, 9.17) is 9.47 Å². The number of esters is 1. The summed E-state index contributed by atoms with van der Waals surface area (Å²) in [6.45, 7) is 7.09. The molecule has 1 N–H and O–H groups in total. The Balaban J connectivity index is 1.70. The van der Waals surface area contributed by atoms with Gasteiger partial charge in [-0.1, -0.05) is 18.7 Å². The minimum Gasteiger partial charge on any atom is -0.498 e. The van der Waals surface area contributed by atoms with Gasteiger partial charge in [0.15, 0.2) is 5.78 Å². The van der Waals surface area contributed by atoms with E-state index in [1.807, 2.05) is 42.2 Å². The van der Waals surface area contributed by atoms with Crippen LogP contribution in [-0.4, -0.2) is 54.8 Å². The monoisotopic (exact) mass is 464 g/mol. The highest BCUT2D eigenvalue weighted by molar-refractivity contribution is 6.19. The van der Waals surface area contributed by atoms with Gasteiger partial charge in [0, 0.05) is 24.4 Å². The van der Waals surface area contributed by atoms with Gasteiger partial charge in [0.25, 0.3) is 0 Å². The van der Waals surface area contributed by atoms with Crippen molar-refractivity contribution in [1.29, 1.82) is 0 Å². The van der Waals surface area contributed by atoms with Crippen LogP contribution in [0.15, 0.2) is 77.5 Å². The highest BCUT2D eigenvalue weighted by Crippen LogP contribution is 2.33. The highest BCUT2D eigenvalue weighted by atomic mass is 16.6. The Labute approximate surface area is 198 Å². The van der Waals surface area contributed by atoms with Crippen LogP contribution < -0.4 is 4.90 Å². The van der Waals surface area contributed by atoms with Crippen LogP contribution in [0.3, 0.4) is 0 Å². The minimum atomic E-state index is -1.05. The fraction of sp³-hybridized carbons (Fsp3) is 0.308. The van der Waals surface area contributed by atoms with Gasteiger partial charge in [-0.05, 0) is 55.3 Å². The molecule has 2 aliphatic rings. The average molecular weight is 465 g/mol. The summed E-state index contributed by atoms with van der Waals surface area (Å²) in [4.78, 5) is 42.4. The standard InChI is InChI=1S/C26H28N2O6/c1-3-28(13-12-25(30)34-15-14-33-4-2)20-10-8-19(9-11-20)27-23-17-18(26(31)32)16-22-21(23)6-5-7-24(22)29/h4-11,17,22H,2-3,12-16H2,1H3,(H,31,32). The second-order valence-electron chi connectivity index (χ2n) is 7.72. The van der Waals surface area contributed by atoms with Gasteiger partial charge >= 0.3 is 11.9 Å². The van der Waals surface area contributed by atoms with Gasteiger partial charge in [0.1, 0.15) is 13.2 Å². The molecule has 3 rings (SSSR count). The molecule has 1 unspecified atom stereocenters. The Kier molecular flexibility index (Phi) is 8.56. The first kappa shape index (κ1) is 24.7. The summed E-state index contributed by atoms with van der Waals surface area (Å²) < 4.78 is 10.0. The lowest BCUT2D eigenvalue weighted by Gasteiger charge is -2.25. The summed E-state index contributed by atoms with van der Waals surface area (Å²) in [6, 6.07) is 7.45. The van der Waals surface area contributed by atoms with Crippen molar-refractivity contribution in [3.63, 3.8) is 0 Å². The van der Waals surface area contributed by atoms with Crippen LogP contribution in [-0.2, 0) is 23.9 Å². The van der Waals surface area contributed by atoms with Crippen molar-refractivity contribution in [3.8, 4) is 0 Å². The number of rotatable bonds is 11. The first-order chi connectivity index (χ1) is 16.4. The van der Waals surface area contributed by atoms with Crippen molar-refractivity contribution in [2.75, 3.05) is 31.2 Å². The zero-order valence-corrected chi connectivity index (χ0v) is 19.1. The predicted molar refractivity (Wildman–Crippen MR) is 129 cm³/mol. The summed E-state index contributed by atoms with van der Waals surface area (Å²) in [5.74, 6) is -1.98. The molecule has 0 saturated heterocycles. The molecule has 0 saturated carbocycles. The molecule has 0 bridgehead atoms. The number of hydrogen-bond donors (Lipinski definition) is 1. The number of ketones is 1. The van der Waals surface area contributed by atoms with Crippen LogP contribution in [0.25, 0.3) is 0 Å². The van der Waals surface area contributed by atoms with Gasteiger partial charge in [-0.25, -0.2) is 9.79 Å². The maximum absolute atomic E-state index is 12.3. The molecule has 0 radical (unpaired) electrons. The second kappa shape index (κ2) is 11.8. The molecule has 178 valence electrons. The third-order valence-electron chi connectivity index (χ3n) is 5.57. The zero-order chi connectivity index (χ0) is 24.5. The molecule has 1 aromatic rings. The lowest BCUT2D eigenvalue weighted by atomic mass is 9.78. The van der Waals surface area contributed by atoms with Crippen molar-refractivity contribution in [2.45, 2.75) is 19.8 Å². The number of ether oxygens (including phenoxy) is 2. The van der Waals surface area contributed by atoms with E-state index >= 15 is 0 Å². The van der Waals surface area contributed by atoms with E-state index in [0.29, 0.717) is 24.5 Å². The molecule has 34 heavy (non-hydrogen) atoms. The lowest BCUT2D eigenvalue weighted by Crippen LogP contribution is -2.28. The normalized spacial score (nSPS) is 18.0. The number of carbonyl (C=O) groups is 3. The molecule has 8 nitrogen and oxygen atoms in total. The van der Waals surface area contributed by atoms with Crippen molar-refractivity contribution in [1.82, 2.24) is 0 Å². The number of anilines is 1. The summed E-state index contributed by atoms with van der Waals surface area (Å²) in [6.07, 6.45) is 8.20. The number of carboxylic acid groups (broad SMARTS) is 1. The van der Waals surface area contributed by atoms with Gasteiger partial charge in [-0.3, -0.25) is 9.59 Å². The van der Waals surface area contributed by atoms with Gasteiger partial charge in [0.2, 0.25) is 0 Å². The zero-order valence-electron chi connectivity index (χ0n) is 19.1. The van der Waals surface area contributed by atoms with Crippen LogP contribution in [0.1, 0.15) is 19.8 Å². The number of hydrogen-bond acceptors (Lipinski definition) is 7. The van der Waals surface area contributed by atoms with Crippen molar-refractivity contribution < 1.29 is 29.0 Å². The Bertz CT molecular complexity index is 1070. The SMILES string of the molecule is C=COCCOC(=O)CCN(CC)c1ccc(N=C2C=C(C(=O)O)CC3C(=O)C=CC=C23)cc1. The number of allylic oxidation sites excluding steroid dienone is 5. The largest absolute Gasteiger partial charge is 0.498 e. The number of nitrogens with zero attached hydrogens (tertiary/aromatic N) is 2. The third-order valence-corrected chi connectivity index (χ3v) is 5.57. The summed E-state index contributed by atoms with van der Waals surface area (Å²) in [5.41, 5.74) is 2.94. The smallest absolute Gasteiger partial charge is 0.331 e. The number of carboxylic acids is 1. The molecule has 0 spiro atoms. The maximum atomic E-state index is 12.3. The maximum Gasteiger partial charge on any atom is 0.331 e. The molecule has 1 atom stereocenters. The average Bonchev–Trinajstić information content (AvgIpc) is 2.83. The van der Waals surface area contributed by atoms with E-state index in [1.165, 1.54) is 18.4 Å². The van der Waals surface area contributed by atoms with Gasteiger partial charge in [0.05, 0.1) is 30.0 Å². The summed E-state index contributed by atoms with van der Waals surface area (Å²) in [7, 11) is 0.